The van der Waals surface area contributed by atoms with Gasteiger partial charge in [-0.1, -0.05) is 6.07 Å². The van der Waals surface area contributed by atoms with Crippen molar-refractivity contribution in [2.45, 2.75) is 6.54 Å². The topological polar surface area (TPSA) is 106 Å². The molecule has 0 aliphatic carbocycles. The average Bonchev–Trinajstić information content (AvgIpc) is 3.21. The first-order valence-electron chi connectivity index (χ1n) is 10.3. The van der Waals surface area contributed by atoms with Gasteiger partial charge in [0.2, 0.25) is 5.95 Å². The smallest absolute Gasteiger partial charge is 0.206 e. The highest BCUT2D eigenvalue weighted by Gasteiger charge is 2.12. The van der Waals surface area contributed by atoms with E-state index in [1.807, 2.05) is 30.5 Å². The number of aromatic amines is 1. The maximum Gasteiger partial charge on any atom is 0.206 e. The monoisotopic (exact) mass is 410 g/mol. The Morgan fingerprint density at radius 2 is 2.00 bits per heavy atom. The van der Waals surface area contributed by atoms with Gasteiger partial charge in [-0.3, -0.25) is 9.88 Å². The van der Waals surface area contributed by atoms with Gasteiger partial charge in [0.25, 0.3) is 0 Å². The summed E-state index contributed by atoms with van der Waals surface area (Å²) in [6.07, 6.45) is 5.10. The van der Waals surface area contributed by atoms with E-state index in [-0.39, 0.29) is 0 Å². The predicted molar refractivity (Wildman–Crippen MR) is 120 cm³/mol. The molecule has 0 spiro atoms. The van der Waals surface area contributed by atoms with E-state index in [0.29, 0.717) is 11.5 Å². The van der Waals surface area contributed by atoms with Gasteiger partial charge in [0.1, 0.15) is 11.9 Å². The van der Waals surface area contributed by atoms with Gasteiger partial charge < -0.3 is 15.6 Å². The Morgan fingerprint density at radius 1 is 1.10 bits per heavy atom. The van der Waals surface area contributed by atoms with Crippen LogP contribution in [0.15, 0.2) is 55.0 Å². The van der Waals surface area contributed by atoms with Crippen molar-refractivity contribution in [3.05, 3.63) is 66.1 Å². The van der Waals surface area contributed by atoms with Crippen molar-refractivity contribution in [1.82, 2.24) is 30.2 Å². The Kier molecular flexibility index (Phi) is 5.27. The van der Waals surface area contributed by atoms with E-state index >= 15 is 0 Å². The van der Waals surface area contributed by atoms with Crippen LogP contribution in [0, 0.1) is 11.3 Å². The lowest BCUT2D eigenvalue weighted by Crippen LogP contribution is -2.42. The number of fused-ring (bicyclic) bond motifs is 1. The van der Waals surface area contributed by atoms with Crippen molar-refractivity contribution in [2.75, 3.05) is 31.5 Å². The van der Waals surface area contributed by atoms with Crippen molar-refractivity contribution in [1.29, 1.82) is 5.26 Å². The summed E-state index contributed by atoms with van der Waals surface area (Å²) in [5.74, 6) is 1.39. The summed E-state index contributed by atoms with van der Waals surface area (Å²) in [6, 6.07) is 14.1. The van der Waals surface area contributed by atoms with Gasteiger partial charge >= 0.3 is 0 Å². The minimum absolute atomic E-state index is 0.546. The molecule has 1 aliphatic heterocycles. The minimum atomic E-state index is 0.546. The number of pyridine rings is 2. The molecule has 8 heteroatoms. The van der Waals surface area contributed by atoms with Crippen molar-refractivity contribution in [2.24, 2.45) is 0 Å². The van der Waals surface area contributed by atoms with Gasteiger partial charge in [-0.25, -0.2) is 9.97 Å². The number of piperazine rings is 1. The Balaban J connectivity index is 1.36. The number of hydrogen-bond donors (Lipinski definition) is 3. The van der Waals surface area contributed by atoms with Crippen LogP contribution in [-0.2, 0) is 6.54 Å². The minimum Gasteiger partial charge on any atom is -0.324 e. The highest BCUT2D eigenvalue weighted by Crippen LogP contribution is 2.27. The molecule has 0 radical (unpaired) electrons. The van der Waals surface area contributed by atoms with Crippen LogP contribution in [0.4, 0.5) is 11.8 Å². The molecular formula is C23H22N8. The summed E-state index contributed by atoms with van der Waals surface area (Å²) in [4.78, 5) is 18.9. The van der Waals surface area contributed by atoms with Gasteiger partial charge in [0.05, 0.1) is 16.6 Å². The van der Waals surface area contributed by atoms with Crippen molar-refractivity contribution in [3.8, 4) is 17.2 Å². The molecule has 8 nitrogen and oxygen atoms in total. The lowest BCUT2D eigenvalue weighted by atomic mass is 10.0. The number of nitrogens with one attached hydrogen (secondary N) is 3. The zero-order valence-corrected chi connectivity index (χ0v) is 17.0. The Bertz CT molecular complexity index is 1250. The second kappa shape index (κ2) is 8.52. The number of nitriles is 1. The van der Waals surface area contributed by atoms with E-state index in [9.17, 15) is 5.26 Å². The molecule has 5 rings (SSSR count). The number of nitrogens with zero attached hydrogens (tertiary/aromatic N) is 5. The third-order valence-corrected chi connectivity index (χ3v) is 5.42. The number of anilines is 2. The Hall–Kier alpha value is -3.80. The summed E-state index contributed by atoms with van der Waals surface area (Å²) in [5.41, 5.74) is 5.29. The molecule has 0 saturated carbocycles. The van der Waals surface area contributed by atoms with Crippen LogP contribution in [0.1, 0.15) is 11.1 Å². The summed E-state index contributed by atoms with van der Waals surface area (Å²) in [6.45, 7) is 5.10. The predicted octanol–water partition coefficient (Wildman–Crippen LogP) is 3.04. The molecule has 1 saturated heterocycles. The number of rotatable bonds is 5. The van der Waals surface area contributed by atoms with E-state index in [2.05, 4.69) is 53.7 Å². The average molecular weight is 410 g/mol. The van der Waals surface area contributed by atoms with Crippen molar-refractivity contribution in [3.63, 3.8) is 0 Å². The molecule has 0 amide bonds. The zero-order chi connectivity index (χ0) is 21.0. The maximum absolute atomic E-state index is 9.35. The summed E-state index contributed by atoms with van der Waals surface area (Å²) < 4.78 is 0. The largest absolute Gasteiger partial charge is 0.324 e. The zero-order valence-electron chi connectivity index (χ0n) is 17.0. The van der Waals surface area contributed by atoms with Crippen LogP contribution in [0.3, 0.4) is 0 Å². The second-order valence-electron chi connectivity index (χ2n) is 7.55. The molecule has 3 aromatic heterocycles. The van der Waals surface area contributed by atoms with Crippen LogP contribution < -0.4 is 10.6 Å². The molecule has 3 N–H and O–H groups in total. The first-order valence-corrected chi connectivity index (χ1v) is 10.3. The number of aromatic nitrogens is 4. The number of imidazole rings is 1. The molecule has 1 fully saturated rings. The Labute approximate surface area is 180 Å². The van der Waals surface area contributed by atoms with Gasteiger partial charge in [0, 0.05) is 56.9 Å². The normalized spacial score (nSPS) is 14.4. The van der Waals surface area contributed by atoms with Crippen LogP contribution >= 0.6 is 0 Å². The van der Waals surface area contributed by atoms with E-state index in [1.165, 1.54) is 5.56 Å². The lowest BCUT2D eigenvalue weighted by Gasteiger charge is -2.27. The summed E-state index contributed by atoms with van der Waals surface area (Å²) >= 11 is 0. The van der Waals surface area contributed by atoms with Crippen LogP contribution in [0.5, 0.6) is 0 Å². The number of benzene rings is 1. The first-order chi connectivity index (χ1) is 15.3. The molecule has 4 heterocycles. The molecule has 0 bridgehead atoms. The van der Waals surface area contributed by atoms with E-state index in [0.717, 1.165) is 60.7 Å². The highest BCUT2D eigenvalue weighted by molar-refractivity contribution is 5.85. The Morgan fingerprint density at radius 3 is 2.87 bits per heavy atom. The highest BCUT2D eigenvalue weighted by atomic mass is 15.2. The third-order valence-electron chi connectivity index (χ3n) is 5.42. The van der Waals surface area contributed by atoms with E-state index in [1.54, 1.807) is 12.4 Å². The first kappa shape index (κ1) is 19.2. The van der Waals surface area contributed by atoms with Crippen LogP contribution in [-0.4, -0.2) is 51.0 Å². The third kappa shape index (κ3) is 4.23. The van der Waals surface area contributed by atoms with E-state index < -0.39 is 0 Å². The molecule has 0 atom stereocenters. The van der Waals surface area contributed by atoms with E-state index in [4.69, 9.17) is 0 Å². The van der Waals surface area contributed by atoms with Crippen molar-refractivity contribution < 1.29 is 0 Å². The lowest BCUT2D eigenvalue weighted by molar-refractivity contribution is 0.233. The van der Waals surface area contributed by atoms with Gasteiger partial charge in [-0.05, 0) is 41.5 Å². The fourth-order valence-corrected chi connectivity index (χ4v) is 3.86. The van der Waals surface area contributed by atoms with Crippen molar-refractivity contribution >= 4 is 22.8 Å². The fourth-order valence-electron chi connectivity index (χ4n) is 3.86. The fraction of sp³-hybridized carbons (Fsp3) is 0.217. The molecule has 31 heavy (non-hydrogen) atoms. The molecule has 1 aliphatic rings. The summed E-state index contributed by atoms with van der Waals surface area (Å²) in [7, 11) is 0. The molecule has 154 valence electrons. The van der Waals surface area contributed by atoms with Crippen LogP contribution in [0.2, 0.25) is 0 Å². The second-order valence-corrected chi connectivity index (χ2v) is 7.55. The summed E-state index contributed by atoms with van der Waals surface area (Å²) in [5, 5.41) is 16.0. The maximum atomic E-state index is 9.35. The quantitative estimate of drug-likeness (QED) is 0.464. The molecular weight excluding hydrogens is 388 g/mol. The number of hydrogen-bond acceptors (Lipinski definition) is 7. The SMILES string of the molecule is N#Cc1cnccc1-c1ccc2nc(Nc3cc(CN4CCNCC4)ccn3)[nH]c2c1. The molecule has 4 aromatic rings. The van der Waals surface area contributed by atoms with Gasteiger partial charge in [0.15, 0.2) is 0 Å². The molecule has 1 aromatic carbocycles. The van der Waals surface area contributed by atoms with Gasteiger partial charge in [-0.2, -0.15) is 5.26 Å². The van der Waals surface area contributed by atoms with Crippen LogP contribution in [0.25, 0.3) is 22.2 Å². The van der Waals surface area contributed by atoms with Gasteiger partial charge in [-0.15, -0.1) is 0 Å². The molecule has 0 unspecified atom stereocenters. The standard InChI is InChI=1S/C23H22N8/c24-13-18-14-26-5-4-19(18)17-1-2-20-21(12-17)29-23(28-20)30-22-11-16(3-6-27-22)15-31-9-7-25-8-10-31/h1-6,11-12,14,25H,7-10,15H2,(H2,27,28,29,30). The number of H-pyrrole nitrogens is 1.